The van der Waals surface area contributed by atoms with Gasteiger partial charge in [0.25, 0.3) is 0 Å². The van der Waals surface area contributed by atoms with Crippen molar-refractivity contribution in [3.63, 3.8) is 0 Å². The van der Waals surface area contributed by atoms with Crippen molar-refractivity contribution in [1.82, 2.24) is 0 Å². The molecule has 1 rings (SSSR count). The summed E-state index contributed by atoms with van der Waals surface area (Å²) in [6.45, 7) is -1.29. The number of aliphatic hydroxyl groups is 4. The summed E-state index contributed by atoms with van der Waals surface area (Å²) in [6.07, 6.45) is -4.82. The molecule has 0 amide bonds. The van der Waals surface area contributed by atoms with E-state index in [1.54, 1.807) is 0 Å². The predicted octanol–water partition coefficient (Wildman–Crippen LogP) is -2.11. The summed E-state index contributed by atoms with van der Waals surface area (Å²) in [5, 5.41) is 37.1. The Balaban J connectivity index is 2.67. The Morgan fingerprint density at radius 2 is 2.00 bits per heavy atom. The summed E-state index contributed by atoms with van der Waals surface area (Å²) in [4.78, 5) is 0. The van der Waals surface area contributed by atoms with E-state index in [0.717, 1.165) is 0 Å². The third kappa shape index (κ3) is 2.82. The molecule has 88 valence electrons. The smallest absolute Gasteiger partial charge is 0.388 e. The summed E-state index contributed by atoms with van der Waals surface area (Å²) in [7, 11) is -3.20. The molecular formula is C6H11O8P. The van der Waals surface area contributed by atoms with Crippen LogP contribution in [0, 0.1) is 0 Å². The van der Waals surface area contributed by atoms with Gasteiger partial charge in [-0.1, -0.05) is 0 Å². The SMILES string of the molecule is O=P(=O)OC[C@@]1(O)OC[C@H](O)[C@H](O)[C@H]1O. The highest BCUT2D eigenvalue weighted by atomic mass is 31.1. The molecular weight excluding hydrogens is 231 g/mol. The van der Waals surface area contributed by atoms with Crippen molar-refractivity contribution >= 4 is 7.91 Å². The molecule has 1 aliphatic heterocycles. The molecule has 4 atom stereocenters. The van der Waals surface area contributed by atoms with E-state index in [1.165, 1.54) is 0 Å². The average Bonchev–Trinajstić information content (AvgIpc) is 2.19. The maximum Gasteiger partial charge on any atom is 0.468 e. The minimum Gasteiger partial charge on any atom is -0.388 e. The summed E-state index contributed by atoms with van der Waals surface area (Å²) in [6, 6.07) is 0. The molecule has 1 aliphatic rings. The lowest BCUT2D eigenvalue weighted by molar-refractivity contribution is -0.328. The average molecular weight is 242 g/mol. The summed E-state index contributed by atoms with van der Waals surface area (Å²) in [5.74, 6) is -2.34. The van der Waals surface area contributed by atoms with Gasteiger partial charge in [0, 0.05) is 0 Å². The highest BCUT2D eigenvalue weighted by molar-refractivity contribution is 7.24. The molecule has 8 nitrogen and oxygen atoms in total. The van der Waals surface area contributed by atoms with Crippen molar-refractivity contribution in [3.05, 3.63) is 0 Å². The second-order valence-corrected chi connectivity index (χ2v) is 3.86. The van der Waals surface area contributed by atoms with Crippen molar-refractivity contribution < 1.29 is 38.8 Å². The number of ether oxygens (including phenoxy) is 1. The van der Waals surface area contributed by atoms with E-state index in [1.807, 2.05) is 0 Å². The fraction of sp³-hybridized carbons (Fsp3) is 1.00. The number of hydrogen-bond acceptors (Lipinski definition) is 8. The fourth-order valence-corrected chi connectivity index (χ4v) is 1.45. The lowest BCUT2D eigenvalue weighted by Crippen LogP contribution is -2.62. The highest BCUT2D eigenvalue weighted by Crippen LogP contribution is 2.26. The van der Waals surface area contributed by atoms with Crippen molar-refractivity contribution in [2.75, 3.05) is 13.2 Å². The van der Waals surface area contributed by atoms with Crippen LogP contribution in [-0.4, -0.2) is 57.7 Å². The van der Waals surface area contributed by atoms with Crippen molar-refractivity contribution in [2.45, 2.75) is 24.1 Å². The zero-order valence-electron chi connectivity index (χ0n) is 7.52. The number of hydrogen-bond donors (Lipinski definition) is 4. The monoisotopic (exact) mass is 242 g/mol. The van der Waals surface area contributed by atoms with Crippen LogP contribution in [0.4, 0.5) is 0 Å². The first-order valence-corrected chi connectivity index (χ1v) is 5.14. The number of aliphatic hydroxyl groups excluding tert-OH is 3. The fourth-order valence-electron chi connectivity index (χ4n) is 1.16. The molecule has 0 aromatic carbocycles. The Morgan fingerprint density at radius 1 is 1.40 bits per heavy atom. The molecule has 1 saturated heterocycles. The third-order valence-corrected chi connectivity index (χ3v) is 2.40. The van der Waals surface area contributed by atoms with Crippen LogP contribution < -0.4 is 0 Å². The Bertz CT molecular complexity index is 283. The van der Waals surface area contributed by atoms with Gasteiger partial charge in [0.2, 0.25) is 5.79 Å². The molecule has 4 N–H and O–H groups in total. The van der Waals surface area contributed by atoms with Crippen molar-refractivity contribution in [2.24, 2.45) is 0 Å². The molecule has 0 aromatic rings. The highest BCUT2D eigenvalue weighted by Gasteiger charge is 2.49. The molecule has 0 bridgehead atoms. The van der Waals surface area contributed by atoms with E-state index < -0.39 is 45.2 Å². The van der Waals surface area contributed by atoms with E-state index in [4.69, 9.17) is 5.11 Å². The predicted molar refractivity (Wildman–Crippen MR) is 43.2 cm³/mol. The van der Waals surface area contributed by atoms with Crippen molar-refractivity contribution in [1.29, 1.82) is 0 Å². The first-order valence-electron chi connectivity index (χ1n) is 4.04. The van der Waals surface area contributed by atoms with Gasteiger partial charge in [0.15, 0.2) is 0 Å². The standard InChI is InChI=1S/C6H11O8P/c7-3-1-13-6(10,2-14-15(11)12)5(9)4(3)8/h3-5,7-10H,1-2H2/t3-,4-,5+,6+/m0/s1. The van der Waals surface area contributed by atoms with Crippen LogP contribution in [0.3, 0.4) is 0 Å². The van der Waals surface area contributed by atoms with Gasteiger partial charge in [-0.25, -0.2) is 9.13 Å². The van der Waals surface area contributed by atoms with Crippen LogP contribution in [0.2, 0.25) is 0 Å². The first kappa shape index (κ1) is 12.7. The maximum absolute atomic E-state index is 10.1. The number of rotatable bonds is 3. The molecule has 0 unspecified atom stereocenters. The third-order valence-electron chi connectivity index (χ3n) is 2.06. The lowest BCUT2D eigenvalue weighted by Gasteiger charge is -2.40. The second kappa shape index (κ2) is 4.67. The van der Waals surface area contributed by atoms with Gasteiger partial charge < -0.3 is 25.2 Å². The quantitative estimate of drug-likeness (QED) is 0.413. The second-order valence-electron chi connectivity index (χ2n) is 3.16. The van der Waals surface area contributed by atoms with Gasteiger partial charge in [0.1, 0.15) is 24.9 Å². The largest absolute Gasteiger partial charge is 0.468 e. The van der Waals surface area contributed by atoms with Gasteiger partial charge in [-0.2, -0.15) is 0 Å². The zero-order valence-corrected chi connectivity index (χ0v) is 8.41. The molecule has 9 heteroatoms. The molecule has 0 radical (unpaired) electrons. The van der Waals surface area contributed by atoms with Crippen LogP contribution in [0.5, 0.6) is 0 Å². The minimum atomic E-state index is -3.20. The summed E-state index contributed by atoms with van der Waals surface area (Å²) < 4.78 is 28.9. The molecule has 1 heterocycles. The zero-order chi connectivity index (χ0) is 11.6. The van der Waals surface area contributed by atoms with E-state index in [9.17, 15) is 24.4 Å². The molecule has 15 heavy (non-hydrogen) atoms. The van der Waals surface area contributed by atoms with Gasteiger partial charge in [-0.3, -0.25) is 4.52 Å². The first-order chi connectivity index (χ1) is 6.87. The molecule has 0 aliphatic carbocycles. The molecule has 0 spiro atoms. The lowest BCUT2D eigenvalue weighted by atomic mass is 9.98. The van der Waals surface area contributed by atoms with Crippen LogP contribution in [0.25, 0.3) is 0 Å². The van der Waals surface area contributed by atoms with Gasteiger partial charge in [-0.05, 0) is 0 Å². The van der Waals surface area contributed by atoms with Gasteiger partial charge >= 0.3 is 7.91 Å². The van der Waals surface area contributed by atoms with Crippen LogP contribution in [-0.2, 0) is 18.4 Å². The van der Waals surface area contributed by atoms with Crippen LogP contribution >= 0.6 is 7.91 Å². The molecule has 0 saturated carbocycles. The van der Waals surface area contributed by atoms with Crippen molar-refractivity contribution in [3.8, 4) is 0 Å². The van der Waals surface area contributed by atoms with Crippen LogP contribution in [0.1, 0.15) is 0 Å². The Morgan fingerprint density at radius 3 is 2.53 bits per heavy atom. The summed E-state index contributed by atoms with van der Waals surface area (Å²) in [5.41, 5.74) is 0. The van der Waals surface area contributed by atoms with Crippen LogP contribution in [0.15, 0.2) is 0 Å². The Kier molecular flexibility index (Phi) is 3.96. The topological polar surface area (TPSA) is 134 Å². The normalized spacial score (nSPS) is 41.5. The molecule has 0 aromatic heterocycles. The van der Waals surface area contributed by atoms with E-state index >= 15 is 0 Å². The van der Waals surface area contributed by atoms with Gasteiger partial charge in [-0.15, -0.1) is 0 Å². The Labute approximate surface area is 85.0 Å². The van der Waals surface area contributed by atoms with E-state index in [-0.39, 0.29) is 0 Å². The molecule has 1 fully saturated rings. The maximum atomic E-state index is 10.1. The Hall–Kier alpha value is -0.340. The van der Waals surface area contributed by atoms with E-state index in [2.05, 4.69) is 9.26 Å². The summed E-state index contributed by atoms with van der Waals surface area (Å²) >= 11 is 0. The van der Waals surface area contributed by atoms with E-state index in [0.29, 0.717) is 0 Å². The minimum absolute atomic E-state index is 0.437. The van der Waals surface area contributed by atoms with Gasteiger partial charge in [0.05, 0.1) is 6.61 Å².